The van der Waals surface area contributed by atoms with Crippen LogP contribution in [0.15, 0.2) is 0 Å². The number of hydrogen-bond donors (Lipinski definition) is 1. The minimum absolute atomic E-state index is 0. The monoisotopic (exact) mass is 310 g/mol. The maximum absolute atomic E-state index is 11.3. The summed E-state index contributed by atoms with van der Waals surface area (Å²) in [4.78, 5) is 11.3. The van der Waals surface area contributed by atoms with Gasteiger partial charge in [-0.25, -0.2) is 0 Å². The molecule has 0 unspecified atom stereocenters. The van der Waals surface area contributed by atoms with E-state index in [2.05, 4.69) is 0 Å². The van der Waals surface area contributed by atoms with Crippen LogP contribution in [0, 0.1) is 0 Å². The van der Waals surface area contributed by atoms with E-state index in [-0.39, 0.29) is 29.6 Å². The molecule has 0 aliphatic carbocycles. The summed E-state index contributed by atoms with van der Waals surface area (Å²) in [7, 11) is 0. The van der Waals surface area contributed by atoms with Gasteiger partial charge in [0.2, 0.25) is 0 Å². The fourth-order valence-electron chi connectivity index (χ4n) is 0.428. The van der Waals surface area contributed by atoms with Gasteiger partial charge < -0.3 is 5.11 Å². The second-order valence-electron chi connectivity index (χ2n) is 2.06. The first kappa shape index (κ1) is 2.83. The molecule has 1 N–H and O–H groups in total. The Kier molecular flexibility index (Phi) is 2.75. The molecule has 0 aromatic rings. The van der Waals surface area contributed by atoms with E-state index >= 15 is 0 Å². The third-order valence-electron chi connectivity index (χ3n) is 0.919. The van der Waals surface area contributed by atoms with Crippen molar-refractivity contribution in [1.29, 1.82) is 0 Å². The van der Waals surface area contributed by atoms with Gasteiger partial charge in [0.15, 0.2) is 0 Å². The predicted octanol–water partition coefficient (Wildman–Crippen LogP) is 5.17. The normalized spacial score (nSPS) is 45.6. The van der Waals surface area contributed by atoms with Gasteiger partial charge in [-0.05, 0) is 6.37 Å². The maximum Gasteiger partial charge on any atom is 0.303 e. The molecule has 0 aliphatic heterocycles. The Labute approximate surface area is 185 Å². The van der Waals surface area contributed by atoms with E-state index in [1.54, 1.807) is 0 Å². The van der Waals surface area contributed by atoms with Crippen LogP contribution in [0.25, 0.3) is 0 Å². The Bertz CT molecular complexity index is 1260. The van der Waals surface area contributed by atoms with Crippen molar-refractivity contribution >= 4 is 35.5 Å². The standard InChI is InChI=1S/C16H32O2.Na/c1-2-3-4-5-6-7-8-9-10-11-12-13-14-15-16(17)18;/h2-15H2,1H3,(H,17,18);/i1D3,2D2,3D2,4D2,5D2,6D2,7D2,8D2,9D2,10D2,11D2,12D2,13D2,14D2,15D2;. The molecule has 0 aromatic heterocycles. The first-order valence-corrected chi connectivity index (χ1v) is 4.18. The van der Waals surface area contributed by atoms with Crippen molar-refractivity contribution in [1.82, 2.24) is 0 Å². The Hall–Kier alpha value is 0.470. The van der Waals surface area contributed by atoms with E-state index in [4.69, 9.17) is 47.6 Å². The number of carbonyl (C=O) groups is 1. The van der Waals surface area contributed by atoms with Gasteiger partial charge in [0.25, 0.3) is 0 Å². The molecular weight excluding hydrogens is 247 g/mol. The van der Waals surface area contributed by atoms with E-state index in [9.17, 15) is 4.79 Å². The second kappa shape index (κ2) is 18.5. The molecule has 0 bridgehead atoms. The van der Waals surface area contributed by atoms with Crippen molar-refractivity contribution in [3.63, 3.8) is 0 Å². The summed E-state index contributed by atoms with van der Waals surface area (Å²) in [5.41, 5.74) is 0. The van der Waals surface area contributed by atoms with Crippen LogP contribution in [0.2, 0.25) is 0 Å². The van der Waals surface area contributed by atoms with Gasteiger partial charge in [-0.1, -0.05) is 83.3 Å². The fraction of sp³-hybridized carbons (Fsp3) is 0.938. The van der Waals surface area contributed by atoms with Crippen LogP contribution in [-0.2, 0) is 4.79 Å². The Morgan fingerprint density at radius 3 is 1.58 bits per heavy atom. The summed E-state index contributed by atoms with van der Waals surface area (Å²) in [6.07, 6.45) is -68.3. The molecule has 3 heteroatoms. The first-order valence-electron chi connectivity index (χ1n) is 19.7. The molecule has 0 saturated heterocycles. The van der Waals surface area contributed by atoms with E-state index in [0.717, 1.165) is 0 Å². The smallest absolute Gasteiger partial charge is 0.303 e. The van der Waals surface area contributed by atoms with Crippen LogP contribution < -0.4 is 0 Å². The van der Waals surface area contributed by atoms with Crippen molar-refractivity contribution in [3.05, 3.63) is 0 Å². The number of rotatable bonds is 14. The molecule has 0 aromatic carbocycles. The largest absolute Gasteiger partial charge is 0.481 e. The molecule has 0 fully saturated rings. The van der Waals surface area contributed by atoms with Crippen LogP contribution in [-0.4, -0.2) is 40.6 Å². The van der Waals surface area contributed by atoms with Crippen LogP contribution in [0.5, 0.6) is 0 Å². The van der Waals surface area contributed by atoms with Gasteiger partial charge in [-0.3, -0.25) is 4.79 Å². The van der Waals surface area contributed by atoms with E-state index in [0.29, 0.717) is 0 Å². The molecule has 1 radical (unpaired) electrons. The van der Waals surface area contributed by atoms with Crippen molar-refractivity contribution in [2.45, 2.75) is 96.1 Å². The van der Waals surface area contributed by atoms with Crippen LogP contribution in [0.1, 0.15) is 139 Å². The van der Waals surface area contributed by atoms with Gasteiger partial charge in [0, 0.05) is 78.4 Å². The summed E-state index contributed by atoms with van der Waals surface area (Å²) >= 11 is 0. The molecule has 19 heavy (non-hydrogen) atoms. The number of carboxylic acid groups (broad SMARTS) is 1. The Morgan fingerprint density at radius 1 is 0.842 bits per heavy atom. The minimum Gasteiger partial charge on any atom is -0.481 e. The Balaban J connectivity index is 0. The van der Waals surface area contributed by atoms with Crippen LogP contribution >= 0.6 is 0 Å². The van der Waals surface area contributed by atoms with Gasteiger partial charge >= 0.3 is 5.97 Å². The van der Waals surface area contributed by atoms with Crippen LogP contribution in [0.3, 0.4) is 0 Å². The third kappa shape index (κ3) is 20.9. The topological polar surface area (TPSA) is 37.3 Å². The van der Waals surface area contributed by atoms with Gasteiger partial charge in [0.05, 0.1) is 0 Å². The number of carboxylic acids is 1. The molecule has 0 saturated carbocycles. The quantitative estimate of drug-likeness (QED) is 0.449. The molecule has 109 valence electrons. The molecule has 0 heterocycles. The molecule has 2 nitrogen and oxygen atoms in total. The molecule has 0 spiro atoms. The number of aliphatic carboxylic acids is 1. The van der Waals surface area contributed by atoms with Crippen LogP contribution in [0.4, 0.5) is 0 Å². The predicted molar refractivity (Wildman–Crippen MR) is 83.7 cm³/mol. The number of hydrogen-bond acceptors (Lipinski definition) is 1. The molecular formula is C16H32NaO2. The molecule has 0 amide bonds. The first-order chi connectivity index (χ1) is 20.4. The van der Waals surface area contributed by atoms with Gasteiger partial charge in [0.1, 0.15) is 0 Å². The minimum atomic E-state index is -5.13. The fourth-order valence-corrected chi connectivity index (χ4v) is 0.428. The second-order valence-corrected chi connectivity index (χ2v) is 2.06. The SMILES string of the molecule is [2H]C([2H])([2H])C([2H])([2H])C([2H])([2H])C([2H])([2H])C([2H])([2H])C([2H])([2H])C([2H])([2H])C([2H])([2H])C([2H])([2H])C([2H])([2H])C([2H])([2H])C([2H])([2H])C([2H])([2H])C([2H])([2H])C([2H])([2H])C(=O)O.[Na]. The van der Waals surface area contributed by atoms with Crippen molar-refractivity contribution in [2.24, 2.45) is 0 Å². The van der Waals surface area contributed by atoms with E-state index in [1.807, 2.05) is 0 Å². The summed E-state index contributed by atoms with van der Waals surface area (Å²) in [5, 5.41) is 9.04. The maximum atomic E-state index is 11.3. The van der Waals surface area contributed by atoms with Gasteiger partial charge in [-0.2, -0.15) is 0 Å². The Morgan fingerprint density at radius 2 is 1.21 bits per heavy atom. The average Bonchev–Trinajstić information content (AvgIpc) is 2.86. The zero-order valence-electron chi connectivity index (χ0n) is 40.9. The molecule has 0 rings (SSSR count). The third-order valence-corrected chi connectivity index (χ3v) is 0.919. The van der Waals surface area contributed by atoms with Crippen molar-refractivity contribution < 1.29 is 52.4 Å². The van der Waals surface area contributed by atoms with E-state index in [1.165, 1.54) is 0 Å². The molecule has 0 atom stereocenters. The average molecular weight is 311 g/mol. The zero-order chi connectivity index (χ0) is 41.1. The summed E-state index contributed by atoms with van der Waals surface area (Å²) in [5.74, 6) is -2.77. The molecule has 0 aliphatic rings. The van der Waals surface area contributed by atoms with Crippen molar-refractivity contribution in [3.8, 4) is 0 Å². The zero-order valence-corrected chi connectivity index (χ0v) is 11.9. The summed E-state index contributed by atoms with van der Waals surface area (Å²) in [6.45, 7) is -4.11. The summed E-state index contributed by atoms with van der Waals surface area (Å²) < 4.78 is 243. The van der Waals surface area contributed by atoms with Crippen molar-refractivity contribution in [2.75, 3.05) is 0 Å². The summed E-state index contributed by atoms with van der Waals surface area (Å²) in [6, 6.07) is 0. The van der Waals surface area contributed by atoms with Gasteiger partial charge in [-0.15, -0.1) is 0 Å². The van der Waals surface area contributed by atoms with E-state index < -0.39 is 102 Å².